The Kier molecular flexibility index (Phi) is 5.24. The van der Waals surface area contributed by atoms with Crippen molar-refractivity contribution in [2.75, 3.05) is 0 Å². The molecule has 2 nitrogen and oxygen atoms in total. The largest absolute Gasteiger partial charge is 0.309 e. The summed E-state index contributed by atoms with van der Waals surface area (Å²) in [6.07, 6.45) is 0.682. The second kappa shape index (κ2) is 6.22. The average molecular weight is 239 g/mol. The minimum absolute atomic E-state index is 0.343. The van der Waals surface area contributed by atoms with Gasteiger partial charge in [-0.05, 0) is 33.3 Å². The maximum absolute atomic E-state index is 12.3. The van der Waals surface area contributed by atoms with Gasteiger partial charge in [-0.25, -0.2) is 0 Å². The van der Waals surface area contributed by atoms with Crippen molar-refractivity contribution in [2.24, 2.45) is 0 Å². The molecule has 0 bridgehead atoms. The number of nitrogens with zero attached hydrogens (tertiary/aromatic N) is 1. The molecular weight excluding hydrogens is 217 g/mol. The van der Waals surface area contributed by atoms with E-state index < -0.39 is 7.95 Å². The van der Waals surface area contributed by atoms with Crippen LogP contribution < -0.4 is 0 Å². The lowest BCUT2D eigenvalue weighted by Gasteiger charge is -2.29. The fourth-order valence-corrected chi connectivity index (χ4v) is 3.95. The van der Waals surface area contributed by atoms with Gasteiger partial charge in [-0.2, -0.15) is 0 Å². The summed E-state index contributed by atoms with van der Waals surface area (Å²) in [6, 6.07) is 10.8. The minimum atomic E-state index is -1.70. The first-order valence-corrected chi connectivity index (χ1v) is 7.43. The monoisotopic (exact) mass is 239 g/mol. The Balaban J connectivity index is 2.70. The first-order valence-electron chi connectivity index (χ1n) is 5.87. The lowest BCUT2D eigenvalue weighted by Crippen LogP contribution is -2.30. The van der Waals surface area contributed by atoms with Crippen molar-refractivity contribution in [2.45, 2.75) is 45.9 Å². The number of benzene rings is 1. The van der Waals surface area contributed by atoms with Crippen molar-refractivity contribution in [1.29, 1.82) is 0 Å². The van der Waals surface area contributed by atoms with E-state index in [2.05, 4.69) is 32.4 Å². The van der Waals surface area contributed by atoms with Crippen LogP contribution in [-0.4, -0.2) is 16.8 Å². The molecule has 1 aromatic rings. The molecule has 0 N–H and O–H groups in total. The van der Waals surface area contributed by atoms with E-state index in [-0.39, 0.29) is 0 Å². The van der Waals surface area contributed by atoms with E-state index in [0.717, 1.165) is 5.56 Å². The number of hydrogen-bond acceptors (Lipinski definition) is 1. The summed E-state index contributed by atoms with van der Waals surface area (Å²) in [5, 5.41) is 0. The quantitative estimate of drug-likeness (QED) is 0.729. The zero-order chi connectivity index (χ0) is 12.1. The molecule has 0 aliphatic heterocycles. The molecule has 0 amide bonds. The van der Waals surface area contributed by atoms with Gasteiger partial charge in [-0.1, -0.05) is 30.3 Å². The molecule has 0 heterocycles. The normalized spacial score (nSPS) is 13.7. The molecule has 1 aromatic carbocycles. The van der Waals surface area contributed by atoms with Gasteiger partial charge in [0, 0.05) is 18.2 Å². The fourth-order valence-electron chi connectivity index (χ4n) is 2.03. The van der Waals surface area contributed by atoms with Gasteiger partial charge in [0.1, 0.15) is 7.95 Å². The highest BCUT2D eigenvalue weighted by molar-refractivity contribution is 7.41. The van der Waals surface area contributed by atoms with Crippen LogP contribution in [0.1, 0.15) is 33.3 Å². The Morgan fingerprint density at radius 1 is 1.06 bits per heavy atom. The Labute approximate surface area is 99.5 Å². The number of rotatable bonds is 5. The van der Waals surface area contributed by atoms with E-state index in [1.54, 1.807) is 0 Å². The SMILES string of the molecule is CC(C)N(C(C)C)[PH](=O)Cc1ccccc1. The van der Waals surface area contributed by atoms with Crippen molar-refractivity contribution in [3.05, 3.63) is 35.9 Å². The molecular formula is C13H22NOP. The summed E-state index contributed by atoms with van der Waals surface area (Å²) in [5.74, 6) is 0. The molecule has 1 atom stereocenters. The second-order valence-electron chi connectivity index (χ2n) is 4.65. The Hall–Kier alpha value is -0.590. The van der Waals surface area contributed by atoms with Crippen LogP contribution in [0.15, 0.2) is 30.3 Å². The minimum Gasteiger partial charge on any atom is -0.309 e. The predicted octanol–water partition coefficient (Wildman–Crippen LogP) is 3.78. The number of hydrogen-bond donors (Lipinski definition) is 0. The first kappa shape index (κ1) is 13.5. The molecule has 1 unspecified atom stereocenters. The maximum Gasteiger partial charge on any atom is 0.143 e. The molecule has 90 valence electrons. The molecule has 0 aliphatic carbocycles. The van der Waals surface area contributed by atoms with Gasteiger partial charge in [0.15, 0.2) is 0 Å². The molecule has 0 aromatic heterocycles. The summed E-state index contributed by atoms with van der Waals surface area (Å²) in [4.78, 5) is 0. The van der Waals surface area contributed by atoms with Gasteiger partial charge in [-0.15, -0.1) is 0 Å². The van der Waals surface area contributed by atoms with Crippen LogP contribution in [0.5, 0.6) is 0 Å². The first-order chi connectivity index (χ1) is 7.52. The summed E-state index contributed by atoms with van der Waals surface area (Å²) in [5.41, 5.74) is 1.16. The third-order valence-electron chi connectivity index (χ3n) is 2.60. The van der Waals surface area contributed by atoms with Crippen molar-refractivity contribution in [3.8, 4) is 0 Å². The van der Waals surface area contributed by atoms with Gasteiger partial charge in [0.2, 0.25) is 0 Å². The van der Waals surface area contributed by atoms with E-state index in [9.17, 15) is 4.57 Å². The summed E-state index contributed by atoms with van der Waals surface area (Å²) in [6.45, 7) is 8.42. The van der Waals surface area contributed by atoms with Crippen LogP contribution in [-0.2, 0) is 10.7 Å². The summed E-state index contributed by atoms with van der Waals surface area (Å²) < 4.78 is 14.4. The Morgan fingerprint density at radius 3 is 2.00 bits per heavy atom. The molecule has 1 rings (SSSR count). The summed E-state index contributed by atoms with van der Waals surface area (Å²) in [7, 11) is -1.70. The zero-order valence-corrected chi connectivity index (χ0v) is 11.6. The summed E-state index contributed by atoms with van der Waals surface area (Å²) >= 11 is 0. The van der Waals surface area contributed by atoms with Crippen LogP contribution in [0.3, 0.4) is 0 Å². The van der Waals surface area contributed by atoms with Gasteiger partial charge in [0.05, 0.1) is 0 Å². The molecule has 0 radical (unpaired) electrons. The van der Waals surface area contributed by atoms with E-state index in [1.807, 2.05) is 30.3 Å². The zero-order valence-electron chi connectivity index (χ0n) is 10.6. The van der Waals surface area contributed by atoms with Crippen LogP contribution in [0.2, 0.25) is 0 Å². The molecule has 0 saturated carbocycles. The predicted molar refractivity (Wildman–Crippen MR) is 71.3 cm³/mol. The van der Waals surface area contributed by atoms with Gasteiger partial charge in [-0.3, -0.25) is 4.67 Å². The molecule has 0 fully saturated rings. The van der Waals surface area contributed by atoms with E-state index >= 15 is 0 Å². The van der Waals surface area contributed by atoms with Crippen molar-refractivity contribution >= 4 is 7.95 Å². The van der Waals surface area contributed by atoms with Gasteiger partial charge < -0.3 is 4.57 Å². The smallest absolute Gasteiger partial charge is 0.143 e. The lowest BCUT2D eigenvalue weighted by atomic mass is 10.2. The highest BCUT2D eigenvalue weighted by atomic mass is 31.1. The molecule has 0 spiro atoms. The molecule has 16 heavy (non-hydrogen) atoms. The van der Waals surface area contributed by atoms with Crippen molar-refractivity contribution in [1.82, 2.24) is 4.67 Å². The Bertz CT molecular complexity index is 327. The van der Waals surface area contributed by atoms with Gasteiger partial charge in [0.25, 0.3) is 0 Å². The highest BCUT2D eigenvalue weighted by Crippen LogP contribution is 2.35. The third kappa shape index (κ3) is 3.77. The van der Waals surface area contributed by atoms with Crippen LogP contribution in [0, 0.1) is 0 Å². The third-order valence-corrected chi connectivity index (χ3v) is 4.92. The van der Waals surface area contributed by atoms with Crippen LogP contribution >= 0.6 is 7.95 Å². The molecule has 0 saturated heterocycles. The van der Waals surface area contributed by atoms with Crippen LogP contribution in [0.4, 0.5) is 0 Å². The van der Waals surface area contributed by atoms with Crippen LogP contribution in [0.25, 0.3) is 0 Å². The lowest BCUT2D eigenvalue weighted by molar-refractivity contribution is 0.308. The van der Waals surface area contributed by atoms with E-state index in [0.29, 0.717) is 18.2 Å². The average Bonchev–Trinajstić information content (AvgIpc) is 2.17. The second-order valence-corrected chi connectivity index (χ2v) is 6.31. The topological polar surface area (TPSA) is 20.3 Å². The fraction of sp³-hybridized carbons (Fsp3) is 0.538. The van der Waals surface area contributed by atoms with E-state index in [1.165, 1.54) is 0 Å². The molecule has 0 aliphatic rings. The van der Waals surface area contributed by atoms with E-state index in [4.69, 9.17) is 0 Å². The van der Waals surface area contributed by atoms with Crippen molar-refractivity contribution < 1.29 is 4.57 Å². The highest BCUT2D eigenvalue weighted by Gasteiger charge is 2.19. The molecule has 3 heteroatoms. The maximum atomic E-state index is 12.3. The standard InChI is InChI=1S/C13H22NOP/c1-11(2)14(12(3)4)16(15)10-13-8-6-5-7-9-13/h5-9,11-12,16H,10H2,1-4H3. The van der Waals surface area contributed by atoms with Gasteiger partial charge >= 0.3 is 0 Å². The van der Waals surface area contributed by atoms with Crippen molar-refractivity contribution in [3.63, 3.8) is 0 Å². The Morgan fingerprint density at radius 2 is 1.56 bits per heavy atom.